The van der Waals surface area contributed by atoms with Gasteiger partial charge in [-0.3, -0.25) is 4.79 Å². The third kappa shape index (κ3) is 4.98. The zero-order chi connectivity index (χ0) is 19.2. The Morgan fingerprint density at radius 1 is 1.15 bits per heavy atom. The highest BCUT2D eigenvalue weighted by Crippen LogP contribution is 2.24. The molecule has 3 rings (SSSR count). The summed E-state index contributed by atoms with van der Waals surface area (Å²) in [6.45, 7) is 0. The van der Waals surface area contributed by atoms with E-state index in [1.807, 2.05) is 6.07 Å². The Balaban J connectivity index is 1.66. The van der Waals surface area contributed by atoms with Crippen molar-refractivity contribution in [3.05, 3.63) is 52.8 Å². The molecule has 7 heteroatoms. The average molecular weight is 388 g/mol. The molecule has 1 fully saturated rings. The molecule has 2 N–H and O–H groups in total. The number of methoxy groups -OCH3 is 1. The normalized spacial score (nSPS) is 14.4. The molecule has 2 aromatic rings. The van der Waals surface area contributed by atoms with Crippen LogP contribution in [-0.2, 0) is 4.74 Å². The SMILES string of the molecule is COC(=O)c1ccc(Cl)c(NC(=O)c2ccc(NC3CCCCC3)cn2)c1. The molecule has 1 aliphatic rings. The van der Waals surface area contributed by atoms with Gasteiger partial charge in [0.1, 0.15) is 5.69 Å². The number of carbonyl (C=O) groups is 2. The molecule has 0 unspecified atom stereocenters. The van der Waals surface area contributed by atoms with Crippen molar-refractivity contribution in [3.63, 3.8) is 0 Å². The Bertz CT molecular complexity index is 818. The van der Waals surface area contributed by atoms with Crippen LogP contribution in [0.3, 0.4) is 0 Å². The Labute approximate surface area is 163 Å². The van der Waals surface area contributed by atoms with E-state index in [9.17, 15) is 9.59 Å². The van der Waals surface area contributed by atoms with Crippen molar-refractivity contribution in [2.75, 3.05) is 17.7 Å². The molecule has 0 saturated heterocycles. The zero-order valence-electron chi connectivity index (χ0n) is 15.1. The number of esters is 1. The van der Waals surface area contributed by atoms with Gasteiger partial charge in [-0.15, -0.1) is 0 Å². The molecule has 0 spiro atoms. The van der Waals surface area contributed by atoms with Crippen LogP contribution < -0.4 is 10.6 Å². The van der Waals surface area contributed by atoms with Crippen molar-refractivity contribution in [1.29, 1.82) is 0 Å². The summed E-state index contributed by atoms with van der Waals surface area (Å²) in [6, 6.07) is 8.54. The van der Waals surface area contributed by atoms with E-state index in [0.29, 0.717) is 22.3 Å². The van der Waals surface area contributed by atoms with E-state index in [0.717, 1.165) is 18.5 Å². The Morgan fingerprint density at radius 3 is 2.59 bits per heavy atom. The number of hydrogen-bond acceptors (Lipinski definition) is 5. The van der Waals surface area contributed by atoms with Crippen LogP contribution in [0.2, 0.25) is 5.02 Å². The van der Waals surface area contributed by atoms with Gasteiger partial charge in [0.2, 0.25) is 0 Å². The molecule has 1 saturated carbocycles. The van der Waals surface area contributed by atoms with Crippen LogP contribution in [-0.4, -0.2) is 30.0 Å². The van der Waals surface area contributed by atoms with Gasteiger partial charge in [0.05, 0.1) is 35.3 Å². The fraction of sp³-hybridized carbons (Fsp3) is 0.350. The molecule has 27 heavy (non-hydrogen) atoms. The number of hydrogen-bond donors (Lipinski definition) is 2. The lowest BCUT2D eigenvalue weighted by molar-refractivity contribution is 0.0600. The average Bonchev–Trinajstić information content (AvgIpc) is 2.70. The molecule has 1 aromatic carbocycles. The predicted octanol–water partition coefficient (Wildman–Crippen LogP) is 4.52. The van der Waals surface area contributed by atoms with Gasteiger partial charge >= 0.3 is 5.97 Å². The second-order valence-corrected chi connectivity index (χ2v) is 6.96. The molecule has 0 radical (unpaired) electrons. The largest absolute Gasteiger partial charge is 0.465 e. The van der Waals surface area contributed by atoms with E-state index in [1.54, 1.807) is 12.3 Å². The quantitative estimate of drug-likeness (QED) is 0.737. The third-order valence-corrected chi connectivity index (χ3v) is 4.94. The van der Waals surface area contributed by atoms with Crippen molar-refractivity contribution in [2.24, 2.45) is 0 Å². The summed E-state index contributed by atoms with van der Waals surface area (Å²) in [5, 5.41) is 6.48. The topological polar surface area (TPSA) is 80.3 Å². The second kappa shape index (κ2) is 8.86. The van der Waals surface area contributed by atoms with Crippen LogP contribution in [0.5, 0.6) is 0 Å². The second-order valence-electron chi connectivity index (χ2n) is 6.55. The minimum Gasteiger partial charge on any atom is -0.465 e. The van der Waals surface area contributed by atoms with Crippen LogP contribution in [0.4, 0.5) is 11.4 Å². The number of anilines is 2. The molecule has 0 aliphatic heterocycles. The number of nitrogens with zero attached hydrogens (tertiary/aromatic N) is 1. The van der Waals surface area contributed by atoms with Crippen molar-refractivity contribution in [1.82, 2.24) is 4.98 Å². The summed E-state index contributed by atoms with van der Waals surface area (Å²) in [7, 11) is 1.29. The Hall–Kier alpha value is -2.60. The van der Waals surface area contributed by atoms with E-state index in [4.69, 9.17) is 11.6 Å². The fourth-order valence-corrected chi connectivity index (χ4v) is 3.31. The number of halogens is 1. The number of rotatable bonds is 5. The molecule has 1 aromatic heterocycles. The smallest absolute Gasteiger partial charge is 0.337 e. The number of carbonyl (C=O) groups excluding carboxylic acids is 2. The maximum atomic E-state index is 12.4. The van der Waals surface area contributed by atoms with E-state index in [2.05, 4.69) is 20.4 Å². The van der Waals surface area contributed by atoms with Crippen molar-refractivity contribution in [3.8, 4) is 0 Å². The predicted molar refractivity (Wildman–Crippen MR) is 105 cm³/mol. The highest BCUT2D eigenvalue weighted by Gasteiger charge is 2.15. The maximum Gasteiger partial charge on any atom is 0.337 e. The summed E-state index contributed by atoms with van der Waals surface area (Å²) < 4.78 is 4.68. The lowest BCUT2D eigenvalue weighted by atomic mass is 9.95. The van der Waals surface area contributed by atoms with Gasteiger partial charge in [-0.1, -0.05) is 30.9 Å². The summed E-state index contributed by atoms with van der Waals surface area (Å²) >= 11 is 6.11. The number of amides is 1. The molecular weight excluding hydrogens is 366 g/mol. The van der Waals surface area contributed by atoms with Gasteiger partial charge in [-0.25, -0.2) is 9.78 Å². The van der Waals surface area contributed by atoms with Crippen molar-refractivity contribution < 1.29 is 14.3 Å². The molecule has 1 amide bonds. The van der Waals surface area contributed by atoms with E-state index in [-0.39, 0.29) is 5.69 Å². The monoisotopic (exact) mass is 387 g/mol. The molecule has 142 valence electrons. The highest BCUT2D eigenvalue weighted by molar-refractivity contribution is 6.34. The van der Waals surface area contributed by atoms with Gasteiger partial charge in [0, 0.05) is 6.04 Å². The molecule has 6 nitrogen and oxygen atoms in total. The van der Waals surface area contributed by atoms with Gasteiger partial charge < -0.3 is 15.4 Å². The first-order chi connectivity index (χ1) is 13.1. The first kappa shape index (κ1) is 19.2. The van der Waals surface area contributed by atoms with Crippen LogP contribution in [0.25, 0.3) is 0 Å². The molecule has 1 heterocycles. The van der Waals surface area contributed by atoms with Crippen molar-refractivity contribution in [2.45, 2.75) is 38.1 Å². The number of nitrogens with one attached hydrogen (secondary N) is 2. The first-order valence-electron chi connectivity index (χ1n) is 8.98. The molecule has 0 bridgehead atoms. The first-order valence-corrected chi connectivity index (χ1v) is 9.36. The van der Waals surface area contributed by atoms with Crippen LogP contribution in [0, 0.1) is 0 Å². The Kier molecular flexibility index (Phi) is 6.29. The highest BCUT2D eigenvalue weighted by atomic mass is 35.5. The maximum absolute atomic E-state index is 12.4. The number of benzene rings is 1. The summed E-state index contributed by atoms with van der Waals surface area (Å²) in [6.07, 6.45) is 7.79. The summed E-state index contributed by atoms with van der Waals surface area (Å²) in [5.74, 6) is -0.901. The molecule has 1 aliphatic carbocycles. The van der Waals surface area contributed by atoms with Crippen molar-refractivity contribution >= 4 is 34.9 Å². The Morgan fingerprint density at radius 2 is 1.93 bits per heavy atom. The van der Waals surface area contributed by atoms with Gasteiger partial charge in [-0.2, -0.15) is 0 Å². The van der Waals surface area contributed by atoms with E-state index < -0.39 is 11.9 Å². The van der Waals surface area contributed by atoms with Gasteiger partial charge in [0.15, 0.2) is 0 Å². The van der Waals surface area contributed by atoms with Crippen LogP contribution >= 0.6 is 11.6 Å². The van der Waals surface area contributed by atoms with Crippen LogP contribution in [0.15, 0.2) is 36.5 Å². The van der Waals surface area contributed by atoms with Gasteiger partial charge in [-0.05, 0) is 43.2 Å². The summed E-state index contributed by atoms with van der Waals surface area (Å²) in [4.78, 5) is 28.3. The number of aromatic nitrogens is 1. The fourth-order valence-electron chi connectivity index (χ4n) is 3.15. The number of ether oxygens (including phenoxy) is 1. The lowest BCUT2D eigenvalue weighted by Crippen LogP contribution is -2.22. The number of pyridine rings is 1. The standard InChI is InChI=1S/C20H22ClN3O3/c1-27-20(26)13-7-9-16(21)18(11-13)24-19(25)17-10-8-15(12-22-17)23-14-5-3-2-4-6-14/h7-12,14,23H,2-6H2,1H3,(H,24,25). The summed E-state index contributed by atoms with van der Waals surface area (Å²) in [5.41, 5.74) is 1.81. The zero-order valence-corrected chi connectivity index (χ0v) is 15.9. The van der Waals surface area contributed by atoms with Gasteiger partial charge in [0.25, 0.3) is 5.91 Å². The third-order valence-electron chi connectivity index (χ3n) is 4.61. The van der Waals surface area contributed by atoms with E-state index in [1.165, 1.54) is 44.6 Å². The molecule has 0 atom stereocenters. The minimum absolute atomic E-state index is 0.267. The molecular formula is C20H22ClN3O3. The van der Waals surface area contributed by atoms with E-state index >= 15 is 0 Å². The lowest BCUT2D eigenvalue weighted by Gasteiger charge is -2.23. The van der Waals surface area contributed by atoms with Crippen LogP contribution in [0.1, 0.15) is 53.0 Å². The minimum atomic E-state index is -0.501.